The second-order valence-electron chi connectivity index (χ2n) is 14.5. The summed E-state index contributed by atoms with van der Waals surface area (Å²) in [5.41, 5.74) is 0. The van der Waals surface area contributed by atoms with E-state index in [0.29, 0.717) is 32.5 Å². The first kappa shape index (κ1) is 48.5. The first-order valence-electron chi connectivity index (χ1n) is 21.5. The summed E-state index contributed by atoms with van der Waals surface area (Å²) in [6.45, 7) is 11.4. The number of aliphatic hydroxyl groups is 1. The van der Waals surface area contributed by atoms with Gasteiger partial charge in [0.05, 0.1) is 19.8 Å². The molecule has 0 aliphatic heterocycles. The lowest BCUT2D eigenvalue weighted by Gasteiger charge is -2.22. The molecule has 0 aliphatic rings. The number of ether oxygens (including phenoxy) is 4. The Balaban J connectivity index is 4.46. The van der Waals surface area contributed by atoms with Crippen LogP contribution in [0.5, 0.6) is 0 Å². The highest BCUT2D eigenvalue weighted by molar-refractivity contribution is 5.60. The van der Waals surface area contributed by atoms with Crippen molar-refractivity contribution in [2.45, 2.75) is 220 Å². The van der Waals surface area contributed by atoms with Gasteiger partial charge in [0.25, 0.3) is 0 Å². The molecule has 0 rings (SSSR count). The molecule has 8 nitrogen and oxygen atoms in total. The number of hydrogen-bond donors (Lipinski definition) is 1. The summed E-state index contributed by atoms with van der Waals surface area (Å²) in [7, 11) is 0. The Morgan fingerprint density at radius 1 is 0.440 bits per heavy atom. The predicted molar refractivity (Wildman–Crippen MR) is 208 cm³/mol. The minimum absolute atomic E-state index is 0.0442. The summed E-state index contributed by atoms with van der Waals surface area (Å²) in [5.74, 6) is 0. The molecule has 0 aromatic heterocycles. The lowest BCUT2D eigenvalue weighted by atomic mass is 10.0. The van der Waals surface area contributed by atoms with Crippen molar-refractivity contribution in [1.29, 1.82) is 0 Å². The number of rotatable bonds is 38. The van der Waals surface area contributed by atoms with Crippen LogP contribution >= 0.6 is 0 Å². The molecule has 0 aromatic rings. The van der Waals surface area contributed by atoms with Crippen LogP contribution in [0.3, 0.4) is 0 Å². The van der Waals surface area contributed by atoms with E-state index >= 15 is 0 Å². The average molecular weight is 714 g/mol. The molecule has 0 aromatic carbocycles. The van der Waals surface area contributed by atoms with Gasteiger partial charge in [0.1, 0.15) is 12.2 Å². The number of carbonyl (C=O) groups excluding carboxylic acids is 2. The Bertz CT molecular complexity index is 706. The molecular weight excluding hydrogens is 630 g/mol. The molecule has 0 saturated heterocycles. The van der Waals surface area contributed by atoms with Gasteiger partial charge in [0.15, 0.2) is 0 Å². The SMILES string of the molecule is CCCCCCCCC(CCCCCC)OC(=O)OCCCN(CCO)CCCOC(=O)OC(CCCCCCCC)CCCCCCCC. The van der Waals surface area contributed by atoms with Crippen LogP contribution in [-0.4, -0.2) is 74.0 Å². The molecule has 0 saturated carbocycles. The molecule has 0 heterocycles. The lowest BCUT2D eigenvalue weighted by molar-refractivity contribution is 0.0130. The summed E-state index contributed by atoms with van der Waals surface area (Å²) in [6.07, 6.45) is 30.4. The van der Waals surface area contributed by atoms with Crippen LogP contribution in [0.1, 0.15) is 207 Å². The fourth-order valence-corrected chi connectivity index (χ4v) is 6.48. The number of hydrogen-bond acceptors (Lipinski definition) is 8. The first-order valence-corrected chi connectivity index (χ1v) is 21.5. The molecule has 0 aliphatic carbocycles. The van der Waals surface area contributed by atoms with E-state index < -0.39 is 12.3 Å². The van der Waals surface area contributed by atoms with E-state index in [2.05, 4.69) is 32.6 Å². The maximum absolute atomic E-state index is 12.6. The second kappa shape index (κ2) is 38.7. The Kier molecular flexibility index (Phi) is 37.5. The van der Waals surface area contributed by atoms with E-state index in [1.807, 2.05) is 0 Å². The van der Waals surface area contributed by atoms with Gasteiger partial charge in [0, 0.05) is 19.6 Å². The maximum atomic E-state index is 12.6. The zero-order chi connectivity index (χ0) is 36.8. The molecule has 8 heteroatoms. The molecule has 0 amide bonds. The van der Waals surface area contributed by atoms with Crippen molar-refractivity contribution >= 4 is 12.3 Å². The molecule has 1 unspecified atom stereocenters. The monoisotopic (exact) mass is 714 g/mol. The summed E-state index contributed by atoms with van der Waals surface area (Å²) in [5, 5.41) is 9.57. The van der Waals surface area contributed by atoms with E-state index in [4.69, 9.17) is 18.9 Å². The quantitative estimate of drug-likeness (QED) is 0.0499. The van der Waals surface area contributed by atoms with Gasteiger partial charge in [-0.15, -0.1) is 0 Å². The Hall–Kier alpha value is -1.54. The summed E-state index contributed by atoms with van der Waals surface area (Å²) in [6, 6.07) is 0. The third-order valence-corrected chi connectivity index (χ3v) is 9.64. The number of unbranched alkanes of at least 4 members (excludes halogenated alkanes) is 18. The van der Waals surface area contributed by atoms with Gasteiger partial charge in [-0.1, -0.05) is 143 Å². The zero-order valence-electron chi connectivity index (χ0n) is 33.5. The Morgan fingerprint density at radius 3 is 1.06 bits per heavy atom. The third kappa shape index (κ3) is 33.6. The molecule has 0 radical (unpaired) electrons. The van der Waals surface area contributed by atoms with Gasteiger partial charge in [-0.25, -0.2) is 9.59 Å². The van der Waals surface area contributed by atoms with Crippen LogP contribution < -0.4 is 0 Å². The maximum Gasteiger partial charge on any atom is 0.508 e. The van der Waals surface area contributed by atoms with Gasteiger partial charge >= 0.3 is 12.3 Å². The first-order chi connectivity index (χ1) is 24.5. The molecule has 1 N–H and O–H groups in total. The van der Waals surface area contributed by atoms with Crippen molar-refractivity contribution in [3.05, 3.63) is 0 Å². The number of nitrogens with zero attached hydrogens (tertiary/aromatic N) is 1. The van der Waals surface area contributed by atoms with Crippen molar-refractivity contribution in [2.24, 2.45) is 0 Å². The van der Waals surface area contributed by atoms with Crippen molar-refractivity contribution in [1.82, 2.24) is 4.90 Å². The summed E-state index contributed by atoms with van der Waals surface area (Å²) < 4.78 is 22.5. The average Bonchev–Trinajstić information content (AvgIpc) is 3.11. The third-order valence-electron chi connectivity index (χ3n) is 9.64. The normalized spacial score (nSPS) is 12.1. The van der Waals surface area contributed by atoms with E-state index in [-0.39, 0.29) is 32.0 Å². The molecule has 0 spiro atoms. The highest BCUT2D eigenvalue weighted by Crippen LogP contribution is 2.19. The molecule has 298 valence electrons. The van der Waals surface area contributed by atoms with Crippen LogP contribution in [0.4, 0.5) is 9.59 Å². The number of carbonyl (C=O) groups is 2. The fourth-order valence-electron chi connectivity index (χ4n) is 6.48. The highest BCUT2D eigenvalue weighted by Gasteiger charge is 2.17. The minimum Gasteiger partial charge on any atom is -0.434 e. The van der Waals surface area contributed by atoms with E-state index in [1.54, 1.807) is 0 Å². The second-order valence-corrected chi connectivity index (χ2v) is 14.5. The van der Waals surface area contributed by atoms with Crippen molar-refractivity contribution < 1.29 is 33.6 Å². The van der Waals surface area contributed by atoms with Gasteiger partial charge in [-0.05, 0) is 64.2 Å². The number of aliphatic hydroxyl groups excluding tert-OH is 1. The van der Waals surface area contributed by atoms with Crippen LogP contribution in [0.2, 0.25) is 0 Å². The molecule has 1 atom stereocenters. The Labute approximate surface area is 309 Å². The molecule has 50 heavy (non-hydrogen) atoms. The van der Waals surface area contributed by atoms with Gasteiger partial charge in [-0.3, -0.25) is 0 Å². The van der Waals surface area contributed by atoms with E-state index in [0.717, 1.165) is 51.4 Å². The smallest absolute Gasteiger partial charge is 0.434 e. The largest absolute Gasteiger partial charge is 0.508 e. The van der Waals surface area contributed by atoms with E-state index in [1.165, 1.54) is 116 Å². The molecule has 0 fully saturated rings. The Morgan fingerprint density at radius 2 is 0.740 bits per heavy atom. The van der Waals surface area contributed by atoms with Crippen LogP contribution in [0.25, 0.3) is 0 Å². The molecule has 0 bridgehead atoms. The van der Waals surface area contributed by atoms with Gasteiger partial charge in [0.2, 0.25) is 0 Å². The fraction of sp³-hybridized carbons (Fsp3) is 0.952. The van der Waals surface area contributed by atoms with Crippen molar-refractivity contribution in [3.8, 4) is 0 Å². The van der Waals surface area contributed by atoms with Crippen molar-refractivity contribution in [3.63, 3.8) is 0 Å². The minimum atomic E-state index is -0.566. The predicted octanol–water partition coefficient (Wildman–Crippen LogP) is 12.3. The molecular formula is C42H83NO7. The van der Waals surface area contributed by atoms with Crippen LogP contribution in [0, 0.1) is 0 Å². The standard InChI is InChI=1S/C42H83NO7/c1-5-9-13-17-20-24-30-39(29-23-16-12-8-4)49-41(45)47-37-27-33-43(35-36-44)34-28-38-48-42(46)50-40(31-25-21-18-14-10-6-2)32-26-22-19-15-11-7-3/h39-40,44H,5-38H2,1-4H3. The highest BCUT2D eigenvalue weighted by atomic mass is 16.7. The van der Waals surface area contributed by atoms with Gasteiger partial charge in [-0.2, -0.15) is 0 Å². The van der Waals surface area contributed by atoms with Crippen LogP contribution in [0.15, 0.2) is 0 Å². The summed E-state index contributed by atoms with van der Waals surface area (Å²) in [4.78, 5) is 27.2. The van der Waals surface area contributed by atoms with Crippen molar-refractivity contribution in [2.75, 3.05) is 39.5 Å². The zero-order valence-corrected chi connectivity index (χ0v) is 33.5. The van der Waals surface area contributed by atoms with E-state index in [9.17, 15) is 14.7 Å². The summed E-state index contributed by atoms with van der Waals surface area (Å²) >= 11 is 0. The topological polar surface area (TPSA) is 94.5 Å². The van der Waals surface area contributed by atoms with Crippen LogP contribution in [-0.2, 0) is 18.9 Å². The van der Waals surface area contributed by atoms with Gasteiger partial charge < -0.3 is 29.0 Å². The lowest BCUT2D eigenvalue weighted by Crippen LogP contribution is -2.31.